The van der Waals surface area contributed by atoms with Crippen LogP contribution in [0, 0.1) is 11.6 Å². The minimum absolute atomic E-state index is 0.215. The summed E-state index contributed by atoms with van der Waals surface area (Å²) in [6.07, 6.45) is 0. The summed E-state index contributed by atoms with van der Waals surface area (Å²) in [5.41, 5.74) is 2.62. The topological polar surface area (TPSA) is 50.1 Å². The van der Waals surface area contributed by atoms with Gasteiger partial charge >= 0.3 is 0 Å². The number of tetrazole rings is 1. The lowest BCUT2D eigenvalue weighted by atomic mass is 10.0. The van der Waals surface area contributed by atoms with Crippen molar-refractivity contribution >= 4 is 5.69 Å². The second kappa shape index (κ2) is 9.46. The first-order chi connectivity index (χ1) is 16.2. The van der Waals surface area contributed by atoms with Crippen molar-refractivity contribution < 1.29 is 8.78 Å². The molecule has 2 heterocycles. The van der Waals surface area contributed by atoms with Crippen LogP contribution in [0.3, 0.4) is 0 Å². The number of hydrogen-bond donors (Lipinski definition) is 0. The number of nitrogens with zero attached hydrogens (tertiary/aromatic N) is 6. The van der Waals surface area contributed by atoms with E-state index in [1.165, 1.54) is 18.2 Å². The number of rotatable bonds is 6. The Morgan fingerprint density at radius 2 is 1.48 bits per heavy atom. The van der Waals surface area contributed by atoms with Crippen molar-refractivity contribution in [2.75, 3.05) is 31.1 Å². The molecular weight excluding hydrogens is 422 g/mol. The van der Waals surface area contributed by atoms with Gasteiger partial charge in [-0.25, -0.2) is 13.5 Å². The molecule has 0 saturated carbocycles. The lowest BCUT2D eigenvalue weighted by molar-refractivity contribution is 0.201. The third-order valence-corrected chi connectivity index (χ3v) is 6.04. The number of benzene rings is 3. The van der Waals surface area contributed by atoms with E-state index in [1.54, 1.807) is 22.9 Å². The summed E-state index contributed by atoms with van der Waals surface area (Å²) >= 11 is 0. The van der Waals surface area contributed by atoms with E-state index >= 15 is 0 Å². The zero-order valence-electron chi connectivity index (χ0n) is 18.1. The molecule has 0 N–H and O–H groups in total. The second-order valence-electron chi connectivity index (χ2n) is 8.11. The number of halogens is 2. The molecule has 0 amide bonds. The summed E-state index contributed by atoms with van der Waals surface area (Å²) < 4.78 is 29.8. The summed E-state index contributed by atoms with van der Waals surface area (Å²) in [5, 5.41) is 12.6. The highest BCUT2D eigenvalue weighted by atomic mass is 19.1. The highest BCUT2D eigenvalue weighted by Crippen LogP contribution is 2.30. The van der Waals surface area contributed by atoms with E-state index in [9.17, 15) is 8.78 Å². The summed E-state index contributed by atoms with van der Waals surface area (Å²) in [4.78, 5) is 4.33. The smallest absolute Gasteiger partial charge is 0.173 e. The van der Waals surface area contributed by atoms with Crippen LogP contribution in [0.5, 0.6) is 0 Å². The summed E-state index contributed by atoms with van der Waals surface area (Å²) in [6.45, 7) is 3.25. The van der Waals surface area contributed by atoms with Gasteiger partial charge < -0.3 is 4.90 Å². The first kappa shape index (κ1) is 21.2. The molecule has 0 radical (unpaired) electrons. The van der Waals surface area contributed by atoms with Gasteiger partial charge in [-0.2, -0.15) is 0 Å². The van der Waals surface area contributed by atoms with E-state index in [-0.39, 0.29) is 17.7 Å². The molecule has 8 heteroatoms. The lowest BCUT2D eigenvalue weighted by Crippen LogP contribution is -2.48. The molecule has 1 atom stereocenters. The Bertz CT molecular complexity index is 1190. The molecule has 0 bridgehead atoms. The molecule has 0 aliphatic carbocycles. The molecule has 168 valence electrons. The first-order valence-electron chi connectivity index (χ1n) is 11.0. The normalized spacial score (nSPS) is 15.5. The van der Waals surface area contributed by atoms with E-state index in [0.29, 0.717) is 44.2 Å². The van der Waals surface area contributed by atoms with Gasteiger partial charge in [0.25, 0.3) is 0 Å². The van der Waals surface area contributed by atoms with Crippen molar-refractivity contribution in [2.24, 2.45) is 0 Å². The molecule has 1 aliphatic heterocycles. The predicted molar refractivity (Wildman–Crippen MR) is 122 cm³/mol. The molecule has 0 spiro atoms. The van der Waals surface area contributed by atoms with Crippen LogP contribution in [0.2, 0.25) is 0 Å². The SMILES string of the molecule is Fc1ccc([C@@H](c2nnnn2Cc2ccccc2)N2CCN(c3ccccc3F)CC2)cc1. The average molecular weight is 447 g/mol. The number of hydrogen-bond acceptors (Lipinski definition) is 5. The second-order valence-corrected chi connectivity index (χ2v) is 8.11. The van der Waals surface area contributed by atoms with Crippen LogP contribution in [0.25, 0.3) is 0 Å². The van der Waals surface area contributed by atoms with Crippen LogP contribution in [0.15, 0.2) is 78.9 Å². The first-order valence-corrected chi connectivity index (χ1v) is 11.0. The Labute approximate surface area is 191 Å². The van der Waals surface area contributed by atoms with E-state index in [2.05, 4.69) is 25.3 Å². The summed E-state index contributed by atoms with van der Waals surface area (Å²) in [7, 11) is 0. The van der Waals surface area contributed by atoms with Gasteiger partial charge in [-0.05, 0) is 45.8 Å². The van der Waals surface area contributed by atoms with Crippen LogP contribution in [0.1, 0.15) is 23.0 Å². The Morgan fingerprint density at radius 1 is 0.788 bits per heavy atom. The largest absolute Gasteiger partial charge is 0.367 e. The summed E-state index contributed by atoms with van der Waals surface area (Å²) in [5.74, 6) is 0.198. The molecule has 1 fully saturated rings. The van der Waals surface area contributed by atoms with Crippen molar-refractivity contribution in [3.63, 3.8) is 0 Å². The Balaban J connectivity index is 1.43. The van der Waals surface area contributed by atoms with Crippen LogP contribution >= 0.6 is 0 Å². The fraction of sp³-hybridized carbons (Fsp3) is 0.240. The zero-order chi connectivity index (χ0) is 22.6. The van der Waals surface area contributed by atoms with Gasteiger partial charge in [-0.15, -0.1) is 5.10 Å². The van der Waals surface area contributed by atoms with Gasteiger partial charge in [0.05, 0.1) is 18.3 Å². The molecule has 33 heavy (non-hydrogen) atoms. The van der Waals surface area contributed by atoms with Crippen molar-refractivity contribution in [2.45, 2.75) is 12.6 Å². The maximum Gasteiger partial charge on any atom is 0.173 e. The maximum absolute atomic E-state index is 14.3. The van der Waals surface area contributed by atoms with Gasteiger partial charge in [0.2, 0.25) is 0 Å². The van der Waals surface area contributed by atoms with Crippen LogP contribution in [-0.2, 0) is 6.54 Å². The summed E-state index contributed by atoms with van der Waals surface area (Å²) in [6, 6.07) is 23.1. The Morgan fingerprint density at radius 3 is 2.21 bits per heavy atom. The van der Waals surface area contributed by atoms with Crippen LogP contribution < -0.4 is 4.90 Å². The van der Waals surface area contributed by atoms with Crippen molar-refractivity contribution in [1.82, 2.24) is 25.1 Å². The molecule has 1 saturated heterocycles. The Hall–Kier alpha value is -3.65. The van der Waals surface area contributed by atoms with Gasteiger partial charge in [0.15, 0.2) is 5.82 Å². The van der Waals surface area contributed by atoms with E-state index in [4.69, 9.17) is 0 Å². The monoisotopic (exact) mass is 446 g/mol. The molecule has 4 aromatic rings. The molecule has 0 unspecified atom stereocenters. The quantitative estimate of drug-likeness (QED) is 0.450. The van der Waals surface area contributed by atoms with Crippen LogP contribution in [-0.4, -0.2) is 51.3 Å². The van der Waals surface area contributed by atoms with Crippen molar-refractivity contribution in [3.8, 4) is 0 Å². The maximum atomic E-state index is 14.3. The number of anilines is 1. The number of piperazine rings is 1. The molecule has 1 aliphatic rings. The van der Waals surface area contributed by atoms with Crippen molar-refractivity contribution in [1.29, 1.82) is 0 Å². The number of para-hydroxylation sites is 1. The predicted octanol–water partition coefficient (Wildman–Crippen LogP) is 3.91. The van der Waals surface area contributed by atoms with Crippen molar-refractivity contribution in [3.05, 3.63) is 107 Å². The highest BCUT2D eigenvalue weighted by Gasteiger charge is 2.31. The van der Waals surface area contributed by atoms with Gasteiger partial charge in [-0.3, -0.25) is 4.90 Å². The molecule has 5 rings (SSSR count). The Kier molecular flexibility index (Phi) is 6.08. The van der Waals surface area contributed by atoms with Gasteiger partial charge in [0.1, 0.15) is 11.6 Å². The third kappa shape index (κ3) is 4.61. The average Bonchev–Trinajstić information content (AvgIpc) is 3.29. The van der Waals surface area contributed by atoms with Gasteiger partial charge in [0, 0.05) is 26.2 Å². The van der Waals surface area contributed by atoms with E-state index < -0.39 is 0 Å². The lowest BCUT2D eigenvalue weighted by Gasteiger charge is -2.40. The fourth-order valence-corrected chi connectivity index (χ4v) is 4.37. The van der Waals surface area contributed by atoms with E-state index in [0.717, 1.165) is 11.1 Å². The highest BCUT2D eigenvalue weighted by molar-refractivity contribution is 5.48. The molecule has 1 aromatic heterocycles. The van der Waals surface area contributed by atoms with Gasteiger partial charge in [-0.1, -0.05) is 54.6 Å². The fourth-order valence-electron chi connectivity index (χ4n) is 4.37. The molecule has 6 nitrogen and oxygen atoms in total. The standard InChI is InChI=1S/C25H24F2N6/c26-21-12-10-20(11-13-21)24(25-28-29-30-33(25)18-19-6-2-1-3-7-19)32-16-14-31(15-17-32)23-9-5-4-8-22(23)27/h1-13,24H,14-18H2/t24-/m0/s1. The molecular formula is C25H24F2N6. The minimum Gasteiger partial charge on any atom is -0.367 e. The number of aromatic nitrogens is 4. The minimum atomic E-state index is -0.286. The van der Waals surface area contributed by atoms with Crippen LogP contribution in [0.4, 0.5) is 14.5 Å². The third-order valence-electron chi connectivity index (χ3n) is 6.04. The zero-order valence-corrected chi connectivity index (χ0v) is 18.1. The van der Waals surface area contributed by atoms with E-state index in [1.807, 2.05) is 42.5 Å². The molecule has 3 aromatic carbocycles.